The quantitative estimate of drug-likeness (QED) is 0.521. The van der Waals surface area contributed by atoms with E-state index in [2.05, 4.69) is 15.1 Å². The van der Waals surface area contributed by atoms with E-state index >= 15 is 0 Å². The fourth-order valence-corrected chi connectivity index (χ4v) is 4.40. The van der Waals surface area contributed by atoms with Crippen LogP contribution in [0.5, 0.6) is 0 Å². The molecule has 7 nitrogen and oxygen atoms in total. The molecule has 0 radical (unpaired) electrons. The Morgan fingerprint density at radius 1 is 1.20 bits per heavy atom. The van der Waals surface area contributed by atoms with Crippen LogP contribution in [0, 0.1) is 0 Å². The van der Waals surface area contributed by atoms with Crippen LogP contribution in [0.15, 0.2) is 52.3 Å². The molecule has 3 heterocycles. The molecule has 0 aliphatic carbocycles. The van der Waals surface area contributed by atoms with Crippen molar-refractivity contribution in [2.75, 3.05) is 33.4 Å². The fraction of sp³-hybridized carbons (Fsp3) is 0.409. The van der Waals surface area contributed by atoms with E-state index < -0.39 is 6.04 Å². The summed E-state index contributed by atoms with van der Waals surface area (Å²) in [4.78, 5) is 18.5. The van der Waals surface area contributed by atoms with E-state index in [1.807, 2.05) is 52.7 Å². The Balaban J connectivity index is 1.62. The molecule has 1 saturated heterocycles. The average Bonchev–Trinajstić information content (AvgIpc) is 3.55. The number of methoxy groups -OCH3 is 1. The second-order valence-corrected chi connectivity index (χ2v) is 8.23. The van der Waals surface area contributed by atoms with Crippen molar-refractivity contribution in [2.24, 2.45) is 0 Å². The van der Waals surface area contributed by atoms with Crippen LogP contribution in [0.1, 0.15) is 30.3 Å². The molecule has 30 heavy (non-hydrogen) atoms. The number of ether oxygens (including phenoxy) is 1. The first kappa shape index (κ1) is 20.7. The maximum absolute atomic E-state index is 13.5. The molecular formula is C22H26N4O3S. The van der Waals surface area contributed by atoms with Gasteiger partial charge in [0.15, 0.2) is 0 Å². The summed E-state index contributed by atoms with van der Waals surface area (Å²) in [5.74, 6) is 1.12. The summed E-state index contributed by atoms with van der Waals surface area (Å²) in [6.45, 7) is 3.07. The van der Waals surface area contributed by atoms with Crippen LogP contribution in [-0.2, 0) is 16.1 Å². The number of aromatic nitrogens is 2. The molecule has 0 bridgehead atoms. The standard InChI is InChI=1S/C22H26N4O3S/c1-28-14-13-26(16-19-23-24-21(29-19)18-10-7-15-30-18)20(17-8-3-2-4-9-17)22(27)25-11-5-6-12-25/h2-4,7-10,15,20H,5-6,11-14,16H2,1H3. The Bertz CT molecular complexity index is 923. The minimum Gasteiger partial charge on any atom is -0.419 e. The van der Waals surface area contributed by atoms with E-state index in [0.717, 1.165) is 36.4 Å². The number of likely N-dealkylation sites (tertiary alicyclic amines) is 1. The van der Waals surface area contributed by atoms with Gasteiger partial charge in [-0.25, -0.2) is 0 Å². The Morgan fingerprint density at radius 3 is 2.70 bits per heavy atom. The van der Waals surface area contributed by atoms with Crippen molar-refractivity contribution >= 4 is 17.2 Å². The minimum absolute atomic E-state index is 0.118. The van der Waals surface area contributed by atoms with E-state index in [9.17, 15) is 4.79 Å². The Labute approximate surface area is 180 Å². The highest BCUT2D eigenvalue weighted by molar-refractivity contribution is 7.13. The number of thiophene rings is 1. The predicted molar refractivity (Wildman–Crippen MR) is 115 cm³/mol. The van der Waals surface area contributed by atoms with Crippen molar-refractivity contribution in [1.82, 2.24) is 20.0 Å². The van der Waals surface area contributed by atoms with Crippen LogP contribution in [-0.4, -0.2) is 59.3 Å². The summed E-state index contributed by atoms with van der Waals surface area (Å²) < 4.78 is 11.2. The molecule has 158 valence electrons. The maximum Gasteiger partial charge on any atom is 0.257 e. The van der Waals surface area contributed by atoms with Gasteiger partial charge in [-0.15, -0.1) is 21.5 Å². The molecule has 2 aromatic heterocycles. The molecule has 0 spiro atoms. The lowest BCUT2D eigenvalue weighted by atomic mass is 10.0. The monoisotopic (exact) mass is 426 g/mol. The molecule has 4 rings (SSSR count). The molecule has 1 unspecified atom stereocenters. The number of benzene rings is 1. The number of carbonyl (C=O) groups is 1. The molecule has 1 atom stereocenters. The van der Waals surface area contributed by atoms with Gasteiger partial charge in [-0.1, -0.05) is 36.4 Å². The van der Waals surface area contributed by atoms with Gasteiger partial charge in [-0.3, -0.25) is 9.69 Å². The lowest BCUT2D eigenvalue weighted by molar-refractivity contribution is -0.137. The molecule has 1 aliphatic rings. The molecule has 0 N–H and O–H groups in total. The second kappa shape index (κ2) is 9.97. The number of amides is 1. The SMILES string of the molecule is COCCN(Cc1nnc(-c2cccs2)o1)C(C(=O)N1CCCC1)c1ccccc1. The van der Waals surface area contributed by atoms with Crippen LogP contribution in [0.4, 0.5) is 0 Å². The molecule has 1 fully saturated rings. The molecule has 1 aromatic carbocycles. The molecular weight excluding hydrogens is 400 g/mol. The molecule has 3 aromatic rings. The third kappa shape index (κ3) is 4.77. The molecule has 0 saturated carbocycles. The van der Waals surface area contributed by atoms with Gasteiger partial charge in [0.05, 0.1) is 18.0 Å². The number of hydrogen-bond acceptors (Lipinski definition) is 7. The largest absolute Gasteiger partial charge is 0.419 e. The number of rotatable bonds is 9. The second-order valence-electron chi connectivity index (χ2n) is 7.29. The van der Waals surface area contributed by atoms with E-state index in [1.54, 1.807) is 18.4 Å². The van der Waals surface area contributed by atoms with Gasteiger partial charge in [0.2, 0.25) is 11.8 Å². The van der Waals surface area contributed by atoms with Gasteiger partial charge in [0, 0.05) is 26.7 Å². The van der Waals surface area contributed by atoms with E-state index in [0.29, 0.717) is 31.5 Å². The fourth-order valence-electron chi connectivity index (χ4n) is 3.75. The van der Waals surface area contributed by atoms with Gasteiger partial charge >= 0.3 is 0 Å². The number of hydrogen-bond donors (Lipinski definition) is 0. The minimum atomic E-state index is -0.420. The lowest BCUT2D eigenvalue weighted by Gasteiger charge is -2.32. The highest BCUT2D eigenvalue weighted by Gasteiger charge is 2.33. The van der Waals surface area contributed by atoms with Crippen LogP contribution >= 0.6 is 11.3 Å². The van der Waals surface area contributed by atoms with Crippen molar-refractivity contribution in [2.45, 2.75) is 25.4 Å². The summed E-state index contributed by atoms with van der Waals surface area (Å²) in [6.07, 6.45) is 2.11. The van der Waals surface area contributed by atoms with Gasteiger partial charge in [0.1, 0.15) is 6.04 Å². The number of carbonyl (C=O) groups excluding carboxylic acids is 1. The Morgan fingerprint density at radius 2 is 2.00 bits per heavy atom. The van der Waals surface area contributed by atoms with E-state index in [4.69, 9.17) is 9.15 Å². The molecule has 8 heteroatoms. The summed E-state index contributed by atoms with van der Waals surface area (Å²) in [5, 5.41) is 10.4. The van der Waals surface area contributed by atoms with Crippen LogP contribution in [0.2, 0.25) is 0 Å². The highest BCUT2D eigenvalue weighted by atomic mass is 32.1. The third-order valence-electron chi connectivity index (χ3n) is 5.25. The zero-order valence-corrected chi connectivity index (χ0v) is 17.9. The summed E-state index contributed by atoms with van der Waals surface area (Å²) in [5.41, 5.74) is 0.962. The average molecular weight is 427 g/mol. The van der Waals surface area contributed by atoms with Crippen LogP contribution in [0.3, 0.4) is 0 Å². The van der Waals surface area contributed by atoms with E-state index in [1.165, 1.54) is 0 Å². The number of nitrogens with zero attached hydrogens (tertiary/aromatic N) is 4. The van der Waals surface area contributed by atoms with Crippen LogP contribution in [0.25, 0.3) is 10.8 Å². The maximum atomic E-state index is 13.5. The first-order chi connectivity index (χ1) is 14.8. The van der Waals surface area contributed by atoms with Crippen molar-refractivity contribution in [3.05, 3.63) is 59.3 Å². The van der Waals surface area contributed by atoms with E-state index in [-0.39, 0.29) is 5.91 Å². The summed E-state index contributed by atoms with van der Waals surface area (Å²) >= 11 is 1.56. The smallest absolute Gasteiger partial charge is 0.257 e. The highest BCUT2D eigenvalue weighted by Crippen LogP contribution is 2.28. The first-order valence-corrected chi connectivity index (χ1v) is 11.1. The van der Waals surface area contributed by atoms with Crippen LogP contribution < -0.4 is 0 Å². The third-order valence-corrected chi connectivity index (χ3v) is 6.11. The van der Waals surface area contributed by atoms with Crippen molar-refractivity contribution in [1.29, 1.82) is 0 Å². The van der Waals surface area contributed by atoms with Crippen molar-refractivity contribution in [3.8, 4) is 10.8 Å². The predicted octanol–water partition coefficient (Wildman–Crippen LogP) is 3.61. The van der Waals surface area contributed by atoms with Gasteiger partial charge in [0.25, 0.3) is 5.89 Å². The topological polar surface area (TPSA) is 71.7 Å². The molecule has 1 amide bonds. The Hall–Kier alpha value is -2.55. The zero-order chi connectivity index (χ0) is 20.8. The van der Waals surface area contributed by atoms with Crippen molar-refractivity contribution in [3.63, 3.8) is 0 Å². The van der Waals surface area contributed by atoms with Crippen molar-refractivity contribution < 1.29 is 13.9 Å². The summed E-state index contributed by atoms with van der Waals surface area (Å²) in [6, 6.07) is 13.4. The summed E-state index contributed by atoms with van der Waals surface area (Å²) in [7, 11) is 1.67. The lowest BCUT2D eigenvalue weighted by Crippen LogP contribution is -2.43. The zero-order valence-electron chi connectivity index (χ0n) is 17.1. The van der Waals surface area contributed by atoms with Gasteiger partial charge in [-0.2, -0.15) is 0 Å². The van der Waals surface area contributed by atoms with Gasteiger partial charge in [-0.05, 0) is 29.9 Å². The Kier molecular flexibility index (Phi) is 6.88. The van der Waals surface area contributed by atoms with Gasteiger partial charge < -0.3 is 14.1 Å². The normalized spacial score (nSPS) is 15.1. The first-order valence-electron chi connectivity index (χ1n) is 10.2. The molecule has 1 aliphatic heterocycles.